The third-order valence-electron chi connectivity index (χ3n) is 8.80. The number of hydrogen-bond acceptors (Lipinski definition) is 9. The van der Waals surface area contributed by atoms with Gasteiger partial charge in [0.1, 0.15) is 24.2 Å². The van der Waals surface area contributed by atoms with E-state index in [0.29, 0.717) is 24.9 Å². The van der Waals surface area contributed by atoms with Crippen LogP contribution < -0.4 is 31.9 Å². The summed E-state index contributed by atoms with van der Waals surface area (Å²) in [5, 5.41) is 26.0. The summed E-state index contributed by atoms with van der Waals surface area (Å²) in [5.74, 6) is -3.89. The van der Waals surface area contributed by atoms with E-state index < -0.39 is 72.3 Å². The first kappa shape index (κ1) is 45.3. The molecule has 54 heavy (non-hydrogen) atoms. The molecule has 0 fully saturated rings. The highest BCUT2D eigenvalue weighted by Crippen LogP contribution is 2.22. The molecule has 5 atom stereocenters. The van der Waals surface area contributed by atoms with Crippen molar-refractivity contribution in [3.05, 3.63) is 71.3 Å². The zero-order chi connectivity index (χ0) is 40.4. The van der Waals surface area contributed by atoms with Crippen molar-refractivity contribution in [1.82, 2.24) is 31.9 Å². The van der Waals surface area contributed by atoms with Crippen molar-refractivity contribution in [3.8, 4) is 0 Å². The van der Waals surface area contributed by atoms with Gasteiger partial charge < -0.3 is 41.7 Å². The number of benzene rings is 2. The van der Waals surface area contributed by atoms with Crippen molar-refractivity contribution < 1.29 is 38.6 Å². The molecule has 7 N–H and O–H groups in total. The summed E-state index contributed by atoms with van der Waals surface area (Å²) in [6, 6.07) is 10.8. The van der Waals surface area contributed by atoms with E-state index in [1.165, 1.54) is 6.92 Å². The van der Waals surface area contributed by atoms with E-state index >= 15 is 0 Å². The first-order chi connectivity index (χ1) is 25.5. The van der Waals surface area contributed by atoms with Crippen LogP contribution in [0.5, 0.6) is 0 Å². The Balaban J connectivity index is 2.22. The summed E-state index contributed by atoms with van der Waals surface area (Å²) < 4.78 is 4.64. The fraction of sp³-hybridized carbons (Fsp3) is 0.550. The number of amides is 5. The lowest BCUT2D eigenvalue weighted by Crippen LogP contribution is -2.59. The van der Waals surface area contributed by atoms with Gasteiger partial charge in [-0.05, 0) is 80.8 Å². The number of carbonyl (C=O) groups excluding carboxylic acids is 6. The second kappa shape index (κ2) is 22.4. The molecule has 14 heteroatoms. The van der Waals surface area contributed by atoms with Crippen LogP contribution in [0.15, 0.2) is 54.6 Å². The molecule has 0 radical (unpaired) electrons. The van der Waals surface area contributed by atoms with Gasteiger partial charge in [0.15, 0.2) is 6.04 Å². The van der Waals surface area contributed by atoms with Crippen molar-refractivity contribution in [1.29, 1.82) is 0 Å². The minimum absolute atomic E-state index is 0.0464. The molecule has 2 aromatic rings. The number of ether oxygens (including phenoxy) is 1. The maximum Gasteiger partial charge on any atom is 0.330 e. The topological polar surface area (TPSA) is 204 Å². The monoisotopic (exact) mass is 752 g/mol. The Morgan fingerprint density at radius 1 is 0.704 bits per heavy atom. The zero-order valence-corrected chi connectivity index (χ0v) is 32.9. The van der Waals surface area contributed by atoms with Gasteiger partial charge in [0.2, 0.25) is 23.6 Å². The van der Waals surface area contributed by atoms with Crippen LogP contribution in [0.3, 0.4) is 0 Å². The van der Waals surface area contributed by atoms with Crippen LogP contribution in [-0.4, -0.2) is 98.1 Å². The maximum atomic E-state index is 13.7. The molecule has 0 bridgehead atoms. The summed E-state index contributed by atoms with van der Waals surface area (Å²) in [5.41, 5.74) is 2.13. The molecule has 0 unspecified atom stereocenters. The van der Waals surface area contributed by atoms with Crippen molar-refractivity contribution in [2.45, 2.75) is 109 Å². The van der Waals surface area contributed by atoms with E-state index in [9.17, 15) is 33.9 Å². The predicted molar refractivity (Wildman–Crippen MR) is 206 cm³/mol. The molecule has 2 aromatic carbocycles. The lowest BCUT2D eigenvalue weighted by atomic mass is 9.86. The fourth-order valence-corrected chi connectivity index (χ4v) is 5.59. The molecule has 298 valence electrons. The van der Waals surface area contributed by atoms with Gasteiger partial charge in [0, 0.05) is 12.0 Å². The maximum absolute atomic E-state index is 13.7. The van der Waals surface area contributed by atoms with Crippen molar-refractivity contribution in [3.63, 3.8) is 0 Å². The summed E-state index contributed by atoms with van der Waals surface area (Å²) in [4.78, 5) is 79.4. The molecule has 0 saturated heterocycles. The van der Waals surface area contributed by atoms with Crippen molar-refractivity contribution in [2.24, 2.45) is 5.92 Å². The number of methoxy groups -OCH3 is 1. The van der Waals surface area contributed by atoms with Crippen LogP contribution >= 0.6 is 0 Å². The first-order valence-corrected chi connectivity index (χ1v) is 18.5. The largest absolute Gasteiger partial charge is 0.467 e. The Morgan fingerprint density at radius 3 is 1.83 bits per heavy atom. The zero-order valence-electron chi connectivity index (χ0n) is 32.9. The highest BCUT2D eigenvalue weighted by molar-refractivity contribution is 5.99. The van der Waals surface area contributed by atoms with Crippen LogP contribution in [0, 0.1) is 5.92 Å². The number of esters is 1. The molecular weight excluding hydrogens is 692 g/mol. The first-order valence-electron chi connectivity index (χ1n) is 18.5. The summed E-state index contributed by atoms with van der Waals surface area (Å²) in [6.07, 6.45) is 1.86. The van der Waals surface area contributed by atoms with Gasteiger partial charge >= 0.3 is 5.97 Å². The highest BCUT2D eigenvalue weighted by atomic mass is 16.5. The Kier molecular flexibility index (Phi) is 18.8. The van der Waals surface area contributed by atoms with Gasteiger partial charge in [0.25, 0.3) is 5.91 Å². The van der Waals surface area contributed by atoms with E-state index in [2.05, 4.69) is 57.4 Å². The van der Waals surface area contributed by atoms with Crippen molar-refractivity contribution >= 4 is 35.5 Å². The Bertz CT molecular complexity index is 1530. The van der Waals surface area contributed by atoms with Crippen LogP contribution in [0.4, 0.5) is 0 Å². The molecule has 0 aliphatic carbocycles. The lowest BCUT2D eigenvalue weighted by Gasteiger charge is -2.27. The van der Waals surface area contributed by atoms with Crippen LogP contribution in [-0.2, 0) is 40.5 Å². The number of unbranched alkanes of at least 4 members (excludes halogenated alkanes) is 1. The molecule has 0 aromatic heterocycles. The molecule has 2 rings (SSSR count). The van der Waals surface area contributed by atoms with E-state index in [-0.39, 0.29) is 30.6 Å². The Labute approximate surface area is 319 Å². The molecule has 0 saturated carbocycles. The number of rotatable bonds is 21. The fourth-order valence-electron chi connectivity index (χ4n) is 5.59. The SMILES string of the molecule is CNCCCC[C@H](NC(=O)[C@H](CC(C)C)NC(=O)[C@H](C)NC(=O)[C@H](Cc1ccccc1)NC(=O)c1ccc(C(C)(C)C)cc1)C(=O)N[C@@H](CO)C(=O)OC. The molecule has 14 nitrogen and oxygen atoms in total. The van der Waals surface area contributed by atoms with Gasteiger partial charge in [0.05, 0.1) is 13.7 Å². The van der Waals surface area contributed by atoms with E-state index in [4.69, 9.17) is 0 Å². The Morgan fingerprint density at radius 2 is 1.28 bits per heavy atom. The summed E-state index contributed by atoms with van der Waals surface area (Å²) in [7, 11) is 2.92. The van der Waals surface area contributed by atoms with E-state index in [1.807, 2.05) is 56.3 Å². The van der Waals surface area contributed by atoms with Crippen molar-refractivity contribution in [2.75, 3.05) is 27.3 Å². The number of hydrogen-bond donors (Lipinski definition) is 7. The van der Waals surface area contributed by atoms with Gasteiger partial charge in [-0.25, -0.2) is 4.79 Å². The Hall–Kier alpha value is -4.82. The van der Waals surface area contributed by atoms with Gasteiger partial charge in [-0.15, -0.1) is 0 Å². The average Bonchev–Trinajstić information content (AvgIpc) is 3.13. The van der Waals surface area contributed by atoms with Crippen LogP contribution in [0.1, 0.15) is 88.7 Å². The molecule has 0 heterocycles. The number of nitrogens with one attached hydrogen (secondary N) is 6. The minimum Gasteiger partial charge on any atom is -0.467 e. The van der Waals surface area contributed by atoms with Gasteiger partial charge in [-0.1, -0.05) is 77.1 Å². The van der Waals surface area contributed by atoms with Gasteiger partial charge in [-0.2, -0.15) is 0 Å². The van der Waals surface area contributed by atoms with Crippen LogP contribution in [0.25, 0.3) is 0 Å². The number of carbonyl (C=O) groups is 6. The van der Waals surface area contributed by atoms with E-state index in [0.717, 1.165) is 18.2 Å². The average molecular weight is 753 g/mol. The highest BCUT2D eigenvalue weighted by Gasteiger charge is 2.32. The molecule has 0 aliphatic heterocycles. The quantitative estimate of drug-likeness (QED) is 0.0734. The third-order valence-corrected chi connectivity index (χ3v) is 8.80. The molecule has 0 aliphatic rings. The standard InChI is InChI=1S/C40H60N6O8/c1-25(2)22-31(38(52)43-30(16-12-13-21-41-7)36(50)46-33(24-47)39(53)54-8)44-34(48)26(3)42-37(51)32(23-27-14-10-9-11-15-27)45-35(49)28-17-19-29(20-18-28)40(4,5)6/h9-11,14-15,17-20,25-26,30-33,41,47H,12-13,16,21-24H2,1-8H3,(H,42,51)(H,43,52)(H,44,48)(H,45,49)(H,46,50)/t26-,30-,31-,32-,33-/m0/s1. The molecule has 0 spiro atoms. The van der Waals surface area contributed by atoms with E-state index in [1.54, 1.807) is 19.2 Å². The summed E-state index contributed by atoms with van der Waals surface area (Å²) in [6.45, 7) is 11.4. The lowest BCUT2D eigenvalue weighted by molar-refractivity contribution is -0.146. The molecular formula is C40H60N6O8. The molecule has 5 amide bonds. The number of aliphatic hydroxyl groups excluding tert-OH is 1. The van der Waals surface area contributed by atoms with Crippen LogP contribution in [0.2, 0.25) is 0 Å². The predicted octanol–water partition coefficient (Wildman–Crippen LogP) is 1.89. The second-order valence-electron chi connectivity index (χ2n) is 14.9. The van der Waals surface area contributed by atoms with Gasteiger partial charge in [-0.3, -0.25) is 24.0 Å². The summed E-state index contributed by atoms with van der Waals surface area (Å²) >= 11 is 0. The normalized spacial score (nSPS) is 14.1. The number of aliphatic hydroxyl groups is 1. The minimum atomic E-state index is -1.32. The smallest absolute Gasteiger partial charge is 0.330 e. The third kappa shape index (κ3) is 15.3. The second-order valence-corrected chi connectivity index (χ2v) is 14.9.